The van der Waals surface area contributed by atoms with E-state index in [-0.39, 0.29) is 25.0 Å². The third kappa shape index (κ3) is 5.46. The van der Waals surface area contributed by atoms with Crippen LogP contribution in [-0.4, -0.2) is 40.9 Å². The van der Waals surface area contributed by atoms with Crippen molar-refractivity contribution in [2.75, 3.05) is 6.54 Å². The summed E-state index contributed by atoms with van der Waals surface area (Å²) in [6.45, 7) is 4.51. The van der Waals surface area contributed by atoms with Crippen LogP contribution >= 0.6 is 0 Å². The van der Waals surface area contributed by atoms with Crippen LogP contribution in [0.2, 0.25) is 0 Å². The molecule has 110 valence electrons. The van der Waals surface area contributed by atoms with Gasteiger partial charge in [0.05, 0.1) is 0 Å². The number of hydrogen-bond donors (Lipinski definition) is 4. The molecule has 4 N–H and O–H groups in total. The fraction of sp³-hybridized carbons (Fsp3) is 0.846. The van der Waals surface area contributed by atoms with Crippen LogP contribution in [0.25, 0.3) is 0 Å². The predicted octanol–water partition coefficient (Wildman–Crippen LogP) is 0.946. The molecule has 0 aromatic carbocycles. The number of aliphatic hydroxyl groups excluding tert-OH is 1. The molecule has 1 rings (SSSR count). The van der Waals surface area contributed by atoms with Crippen molar-refractivity contribution < 1.29 is 19.8 Å². The zero-order valence-corrected chi connectivity index (χ0v) is 11.6. The molecule has 3 unspecified atom stereocenters. The molecular formula is C13H24N2O4. The van der Waals surface area contributed by atoms with Crippen molar-refractivity contribution in [3.05, 3.63) is 0 Å². The average Bonchev–Trinajstić information content (AvgIpc) is 2.32. The summed E-state index contributed by atoms with van der Waals surface area (Å²) in [5, 5.41) is 23.0. The molecule has 4 atom stereocenters. The molecule has 0 spiro atoms. The van der Waals surface area contributed by atoms with Gasteiger partial charge in [-0.1, -0.05) is 13.8 Å². The van der Waals surface area contributed by atoms with Crippen LogP contribution in [0.4, 0.5) is 4.79 Å². The normalized spacial score (nSPS) is 28.5. The Morgan fingerprint density at radius 3 is 2.58 bits per heavy atom. The summed E-state index contributed by atoms with van der Waals surface area (Å²) in [5.74, 6) is -0.0990. The van der Waals surface area contributed by atoms with Gasteiger partial charge in [0.15, 0.2) is 6.10 Å². The quantitative estimate of drug-likeness (QED) is 0.598. The summed E-state index contributed by atoms with van der Waals surface area (Å²) in [4.78, 5) is 22.0. The third-order valence-corrected chi connectivity index (χ3v) is 3.74. The molecule has 0 aliphatic heterocycles. The first-order valence-electron chi connectivity index (χ1n) is 6.85. The molecule has 0 bridgehead atoms. The minimum Gasteiger partial charge on any atom is -0.479 e. The van der Waals surface area contributed by atoms with E-state index in [0.717, 1.165) is 19.3 Å². The first-order chi connectivity index (χ1) is 8.90. The largest absolute Gasteiger partial charge is 0.479 e. The zero-order chi connectivity index (χ0) is 14.4. The van der Waals surface area contributed by atoms with Crippen LogP contribution in [0.15, 0.2) is 0 Å². The number of carboxylic acids is 1. The fourth-order valence-electron chi connectivity index (χ4n) is 2.55. The van der Waals surface area contributed by atoms with E-state index in [1.807, 2.05) is 0 Å². The van der Waals surface area contributed by atoms with Crippen LogP contribution in [0.5, 0.6) is 0 Å². The Morgan fingerprint density at radius 2 is 2.00 bits per heavy atom. The lowest BCUT2D eigenvalue weighted by Gasteiger charge is -2.33. The summed E-state index contributed by atoms with van der Waals surface area (Å²) in [7, 11) is 0. The van der Waals surface area contributed by atoms with Gasteiger partial charge in [0, 0.05) is 19.0 Å². The number of hydrogen-bond acceptors (Lipinski definition) is 3. The van der Waals surface area contributed by atoms with Gasteiger partial charge < -0.3 is 20.8 Å². The number of aliphatic carboxylic acids is 1. The Labute approximate surface area is 113 Å². The van der Waals surface area contributed by atoms with Gasteiger partial charge in [0.1, 0.15) is 0 Å². The number of carbonyl (C=O) groups excluding carboxylic acids is 1. The summed E-state index contributed by atoms with van der Waals surface area (Å²) in [5.41, 5.74) is 0. The highest BCUT2D eigenvalue weighted by atomic mass is 16.4. The highest BCUT2D eigenvalue weighted by Gasteiger charge is 2.26. The summed E-state index contributed by atoms with van der Waals surface area (Å²) >= 11 is 0. The molecule has 0 radical (unpaired) electrons. The maximum Gasteiger partial charge on any atom is 0.332 e. The van der Waals surface area contributed by atoms with E-state index in [1.165, 1.54) is 0 Å². The molecule has 1 fully saturated rings. The van der Waals surface area contributed by atoms with Gasteiger partial charge in [-0.25, -0.2) is 9.59 Å². The van der Waals surface area contributed by atoms with Crippen LogP contribution < -0.4 is 10.6 Å². The first kappa shape index (κ1) is 15.8. The highest BCUT2D eigenvalue weighted by molar-refractivity contribution is 5.74. The van der Waals surface area contributed by atoms with Gasteiger partial charge in [0.25, 0.3) is 0 Å². The second kappa shape index (κ2) is 7.33. The number of carbonyl (C=O) groups is 2. The van der Waals surface area contributed by atoms with Crippen molar-refractivity contribution in [3.63, 3.8) is 0 Å². The molecule has 6 heteroatoms. The second-order valence-corrected chi connectivity index (χ2v) is 5.54. The predicted molar refractivity (Wildman–Crippen MR) is 70.8 cm³/mol. The molecule has 0 aromatic heterocycles. The minimum absolute atomic E-state index is 0.0139. The van der Waals surface area contributed by atoms with Crippen molar-refractivity contribution >= 4 is 12.0 Å². The molecule has 1 saturated carbocycles. The zero-order valence-electron chi connectivity index (χ0n) is 11.6. The van der Waals surface area contributed by atoms with Crippen LogP contribution in [0, 0.1) is 11.8 Å². The Morgan fingerprint density at radius 1 is 1.32 bits per heavy atom. The highest BCUT2D eigenvalue weighted by Crippen LogP contribution is 2.28. The maximum absolute atomic E-state index is 11.6. The third-order valence-electron chi connectivity index (χ3n) is 3.74. The Bertz CT molecular complexity index is 322. The number of rotatable bonds is 5. The van der Waals surface area contributed by atoms with Crippen LogP contribution in [0.1, 0.15) is 39.5 Å². The Kier molecular flexibility index (Phi) is 6.08. The molecular weight excluding hydrogens is 248 g/mol. The lowest BCUT2D eigenvalue weighted by molar-refractivity contribution is -0.146. The first-order valence-corrected chi connectivity index (χ1v) is 6.85. The van der Waals surface area contributed by atoms with Crippen molar-refractivity contribution in [1.82, 2.24) is 10.6 Å². The summed E-state index contributed by atoms with van der Waals surface area (Å²) in [6.07, 6.45) is 1.80. The summed E-state index contributed by atoms with van der Waals surface area (Å²) < 4.78 is 0. The summed E-state index contributed by atoms with van der Waals surface area (Å²) in [6, 6.07) is -0.107. The van der Waals surface area contributed by atoms with E-state index in [4.69, 9.17) is 10.2 Å². The topological polar surface area (TPSA) is 98.7 Å². The standard InChI is InChI=1S/C13H24N2O4/c1-8-3-4-10(9(2)7-8)15-13(19)14-6-5-11(16)12(17)18/h8-11,16H,3-7H2,1-2H3,(H,17,18)(H2,14,15,19)/t8?,9?,10?,11-/m0/s1. The van der Waals surface area contributed by atoms with Gasteiger partial charge in [-0.3, -0.25) is 0 Å². The van der Waals surface area contributed by atoms with E-state index in [1.54, 1.807) is 0 Å². The molecule has 1 aliphatic rings. The van der Waals surface area contributed by atoms with E-state index < -0.39 is 12.1 Å². The van der Waals surface area contributed by atoms with Gasteiger partial charge in [-0.2, -0.15) is 0 Å². The monoisotopic (exact) mass is 272 g/mol. The molecule has 1 aliphatic carbocycles. The molecule has 6 nitrogen and oxygen atoms in total. The van der Waals surface area contributed by atoms with E-state index in [0.29, 0.717) is 11.8 Å². The van der Waals surface area contributed by atoms with Crippen molar-refractivity contribution in [3.8, 4) is 0 Å². The number of carboxylic acid groups (broad SMARTS) is 1. The minimum atomic E-state index is -1.42. The van der Waals surface area contributed by atoms with E-state index in [2.05, 4.69) is 24.5 Å². The van der Waals surface area contributed by atoms with Crippen molar-refractivity contribution in [1.29, 1.82) is 0 Å². The maximum atomic E-state index is 11.6. The number of amides is 2. The van der Waals surface area contributed by atoms with Gasteiger partial charge >= 0.3 is 12.0 Å². The van der Waals surface area contributed by atoms with E-state index in [9.17, 15) is 9.59 Å². The number of nitrogens with one attached hydrogen (secondary N) is 2. The fourth-order valence-corrected chi connectivity index (χ4v) is 2.55. The average molecular weight is 272 g/mol. The van der Waals surface area contributed by atoms with Crippen molar-refractivity contribution in [2.24, 2.45) is 11.8 Å². The van der Waals surface area contributed by atoms with Crippen LogP contribution in [-0.2, 0) is 4.79 Å². The second-order valence-electron chi connectivity index (χ2n) is 5.54. The molecule has 0 aromatic rings. The van der Waals surface area contributed by atoms with Crippen LogP contribution in [0.3, 0.4) is 0 Å². The SMILES string of the molecule is CC1CCC(NC(=O)NCC[C@H](O)C(=O)O)C(C)C1. The van der Waals surface area contributed by atoms with Gasteiger partial charge in [0.2, 0.25) is 0 Å². The van der Waals surface area contributed by atoms with Gasteiger partial charge in [-0.05, 0) is 31.1 Å². The van der Waals surface area contributed by atoms with Gasteiger partial charge in [-0.15, -0.1) is 0 Å². The smallest absolute Gasteiger partial charge is 0.332 e. The molecule has 2 amide bonds. The molecule has 0 saturated heterocycles. The lowest BCUT2D eigenvalue weighted by Crippen LogP contribution is -2.47. The Balaban J connectivity index is 2.22. The number of urea groups is 1. The number of aliphatic hydroxyl groups is 1. The molecule has 0 heterocycles. The Hall–Kier alpha value is -1.30. The van der Waals surface area contributed by atoms with Crippen molar-refractivity contribution in [2.45, 2.75) is 51.7 Å². The lowest BCUT2D eigenvalue weighted by atomic mass is 9.80. The molecule has 19 heavy (non-hydrogen) atoms. The van der Waals surface area contributed by atoms with E-state index >= 15 is 0 Å².